The minimum atomic E-state index is -0.570. The van der Waals surface area contributed by atoms with Crippen LogP contribution in [0.3, 0.4) is 0 Å². The monoisotopic (exact) mass is 1060 g/mol. The van der Waals surface area contributed by atoms with E-state index >= 15 is 0 Å². The summed E-state index contributed by atoms with van der Waals surface area (Å²) in [6.07, 6.45) is 0. The third-order valence-corrected chi connectivity index (χ3v) is 20.1. The topological polar surface area (TPSA) is 6.48 Å². The van der Waals surface area contributed by atoms with Crippen molar-refractivity contribution in [1.29, 1.82) is 0 Å². The van der Waals surface area contributed by atoms with E-state index in [-0.39, 0.29) is 23.0 Å². The van der Waals surface area contributed by atoms with E-state index in [2.05, 4.69) is 303 Å². The summed E-state index contributed by atoms with van der Waals surface area (Å²) in [5.74, 6) is 0. The third-order valence-electron chi connectivity index (χ3n) is 20.1. The van der Waals surface area contributed by atoms with Gasteiger partial charge in [0.15, 0.2) is 0 Å². The molecule has 11 aromatic rings. The van der Waals surface area contributed by atoms with E-state index in [0.717, 1.165) is 0 Å². The Labute approximate surface area is 489 Å². The summed E-state index contributed by atoms with van der Waals surface area (Å²) >= 11 is 0. The van der Waals surface area contributed by atoms with Crippen LogP contribution in [0.4, 0.5) is 34.1 Å². The first-order valence-corrected chi connectivity index (χ1v) is 30.0. The molecule has 0 bridgehead atoms. The van der Waals surface area contributed by atoms with Crippen molar-refractivity contribution in [2.24, 2.45) is 0 Å². The molecule has 3 heteroatoms. The predicted octanol–water partition coefficient (Wildman–Crippen LogP) is 18.3. The van der Waals surface area contributed by atoms with Crippen molar-refractivity contribution in [3.8, 4) is 44.5 Å². The summed E-state index contributed by atoms with van der Waals surface area (Å²) in [6.45, 7) is 21.4. The molecular weight excluding hydrogens is 1000 g/mol. The van der Waals surface area contributed by atoms with Crippen molar-refractivity contribution in [2.45, 2.75) is 89.4 Å². The summed E-state index contributed by atoms with van der Waals surface area (Å²) in [5.41, 5.74) is 35.0. The van der Waals surface area contributed by atoms with E-state index < -0.39 is 10.8 Å². The number of hydrogen-bond donors (Lipinski definition) is 0. The van der Waals surface area contributed by atoms with Crippen LogP contribution in [0.1, 0.15) is 124 Å². The van der Waals surface area contributed by atoms with Crippen molar-refractivity contribution in [3.63, 3.8) is 0 Å². The molecule has 2 heterocycles. The van der Waals surface area contributed by atoms with Crippen LogP contribution in [-0.4, -0.2) is 6.71 Å². The second-order valence-corrected chi connectivity index (χ2v) is 27.5. The number of fused-ring (bicyclic) bond motifs is 24. The highest BCUT2D eigenvalue weighted by Gasteiger charge is 2.57. The van der Waals surface area contributed by atoms with Gasteiger partial charge in [-0.15, -0.1) is 0 Å². The van der Waals surface area contributed by atoms with Crippen LogP contribution in [0.5, 0.6) is 0 Å². The van der Waals surface area contributed by atoms with Gasteiger partial charge in [-0.25, -0.2) is 0 Å². The molecule has 0 saturated carbocycles. The van der Waals surface area contributed by atoms with Crippen LogP contribution in [0.25, 0.3) is 44.5 Å². The number of hydrogen-bond acceptors (Lipinski definition) is 2. The first-order valence-electron chi connectivity index (χ1n) is 30.0. The Morgan fingerprint density at radius 3 is 0.855 bits per heavy atom. The van der Waals surface area contributed by atoms with E-state index in [1.165, 1.54) is 156 Å². The van der Waals surface area contributed by atoms with Crippen LogP contribution in [-0.2, 0) is 27.1 Å². The van der Waals surface area contributed by atoms with Crippen LogP contribution in [0.15, 0.2) is 231 Å². The SMILES string of the molecule is CC(C)(C)c1ccc2c(c1)N(c1cccc3c1C1(c4ccccc4-c4ccccc41)c1ccccc1-3)c1cc(C(C)(C)C)cc3c1B2c1ccc(C(C)(C)C)cc1N3c1cccc2c1C1(c3ccccc3-c3ccccc31)c1ccccc1-2. The molecule has 0 amide bonds. The molecule has 83 heavy (non-hydrogen) atoms. The molecule has 0 fully saturated rings. The number of benzene rings is 11. The second kappa shape index (κ2) is 16.4. The van der Waals surface area contributed by atoms with Gasteiger partial charge in [0, 0.05) is 33.9 Å². The first kappa shape index (κ1) is 48.8. The number of nitrogens with zero attached hydrogens (tertiary/aromatic N) is 2. The summed E-state index contributed by atoms with van der Waals surface area (Å²) in [4.78, 5) is 5.52. The van der Waals surface area contributed by atoms with Crippen molar-refractivity contribution >= 4 is 57.2 Å². The Morgan fingerprint density at radius 1 is 0.265 bits per heavy atom. The van der Waals surface area contributed by atoms with Gasteiger partial charge in [-0.2, -0.15) is 0 Å². The zero-order valence-corrected chi connectivity index (χ0v) is 48.9. The molecule has 11 aromatic carbocycles. The Hall–Kier alpha value is -8.92. The van der Waals surface area contributed by atoms with Gasteiger partial charge in [0.25, 0.3) is 6.71 Å². The molecule has 2 aliphatic heterocycles. The number of anilines is 6. The van der Waals surface area contributed by atoms with E-state index in [9.17, 15) is 0 Å². The van der Waals surface area contributed by atoms with Gasteiger partial charge in [0.1, 0.15) is 0 Å². The van der Waals surface area contributed by atoms with Crippen LogP contribution < -0.4 is 26.2 Å². The van der Waals surface area contributed by atoms with Crippen molar-refractivity contribution in [1.82, 2.24) is 0 Å². The quantitative estimate of drug-likeness (QED) is 0.159. The first-order chi connectivity index (χ1) is 40.1. The predicted molar refractivity (Wildman–Crippen MR) is 349 cm³/mol. The highest BCUT2D eigenvalue weighted by atomic mass is 15.2. The molecule has 0 saturated heterocycles. The summed E-state index contributed by atoms with van der Waals surface area (Å²) in [5, 5.41) is 0. The maximum Gasteiger partial charge on any atom is 0.252 e. The fraction of sp³-hybridized carbons (Fsp3) is 0.175. The van der Waals surface area contributed by atoms with Gasteiger partial charge < -0.3 is 9.80 Å². The zero-order valence-electron chi connectivity index (χ0n) is 48.9. The molecule has 398 valence electrons. The molecule has 6 aliphatic rings. The Bertz CT molecular complexity index is 4250. The van der Waals surface area contributed by atoms with Crippen LogP contribution >= 0.6 is 0 Å². The zero-order chi connectivity index (χ0) is 56.3. The fourth-order valence-electron chi connectivity index (χ4n) is 16.5. The summed E-state index contributed by atoms with van der Waals surface area (Å²) in [6, 6.07) is 90.3. The number of rotatable bonds is 2. The average molecular weight is 1070 g/mol. The van der Waals surface area contributed by atoms with E-state index in [0.29, 0.717) is 0 Å². The molecule has 2 nitrogen and oxygen atoms in total. The largest absolute Gasteiger partial charge is 0.311 e. The highest BCUT2D eigenvalue weighted by Crippen LogP contribution is 2.68. The minimum absolute atomic E-state index is 0.0683. The lowest BCUT2D eigenvalue weighted by atomic mass is 9.33. The van der Waals surface area contributed by atoms with Crippen molar-refractivity contribution in [2.75, 3.05) is 9.80 Å². The second-order valence-electron chi connectivity index (χ2n) is 27.5. The molecule has 0 radical (unpaired) electrons. The Kier molecular flexibility index (Phi) is 9.65. The van der Waals surface area contributed by atoms with Gasteiger partial charge in [0.05, 0.1) is 22.2 Å². The molecule has 0 N–H and O–H groups in total. The molecule has 2 spiro atoms. The Balaban J connectivity index is 1.03. The Morgan fingerprint density at radius 2 is 0.542 bits per heavy atom. The highest BCUT2D eigenvalue weighted by molar-refractivity contribution is 7.00. The fourth-order valence-corrected chi connectivity index (χ4v) is 16.5. The lowest BCUT2D eigenvalue weighted by molar-refractivity contribution is 0.590. The maximum absolute atomic E-state index is 2.76. The van der Waals surface area contributed by atoms with Gasteiger partial charge in [-0.1, -0.05) is 256 Å². The third kappa shape index (κ3) is 6.15. The van der Waals surface area contributed by atoms with Gasteiger partial charge in [0.2, 0.25) is 0 Å². The molecular formula is C80H65BN2. The van der Waals surface area contributed by atoms with E-state index in [1.54, 1.807) is 0 Å². The van der Waals surface area contributed by atoms with Crippen molar-refractivity contribution in [3.05, 3.63) is 292 Å². The maximum atomic E-state index is 2.76. The lowest BCUT2D eigenvalue weighted by Crippen LogP contribution is -2.61. The van der Waals surface area contributed by atoms with Gasteiger partial charge in [-0.3, -0.25) is 0 Å². The summed E-state index contributed by atoms with van der Waals surface area (Å²) < 4.78 is 0. The molecule has 0 unspecified atom stereocenters. The normalized spacial score (nSPS) is 15.4. The average Bonchev–Trinajstić information content (AvgIpc) is 1.84. The smallest absolute Gasteiger partial charge is 0.252 e. The standard InChI is InChI=1S/C80H65BN2/c1-76(2,3)48-40-42-65-69(44-48)82(67-38-22-30-57-55-28-14-20-36-63(55)79(73(57)67)59-32-16-10-24-51(59)52-25-11-17-33-60(52)79)71-46-50(78(7,8)9)47-72-75(71)81(65)66-43-41-49(77(4,5)6)45-70(66)83(72)68-39-23-31-58-56-29-15-21-37-64(56)80(74(58)68)61-34-18-12-26-53(61)54-27-13-19-35-62(54)80/h10-47H,1-9H3. The van der Waals surface area contributed by atoms with E-state index in [4.69, 9.17) is 0 Å². The molecule has 0 atom stereocenters. The summed E-state index contributed by atoms with van der Waals surface area (Å²) in [7, 11) is 0. The van der Waals surface area contributed by atoms with E-state index in [1.807, 2.05) is 0 Å². The van der Waals surface area contributed by atoms with Gasteiger partial charge >= 0.3 is 0 Å². The lowest BCUT2D eigenvalue weighted by Gasteiger charge is -2.47. The van der Waals surface area contributed by atoms with Crippen LogP contribution in [0.2, 0.25) is 0 Å². The van der Waals surface area contributed by atoms with Gasteiger partial charge in [-0.05, 0) is 164 Å². The van der Waals surface area contributed by atoms with Crippen molar-refractivity contribution < 1.29 is 0 Å². The minimum Gasteiger partial charge on any atom is -0.311 e. The van der Waals surface area contributed by atoms with Crippen LogP contribution in [0, 0.1) is 0 Å². The molecule has 0 aromatic heterocycles. The molecule has 4 aliphatic carbocycles. The molecule has 17 rings (SSSR count).